The van der Waals surface area contributed by atoms with Gasteiger partial charge in [0, 0.05) is 26.6 Å². The van der Waals surface area contributed by atoms with Crippen LogP contribution in [0.2, 0.25) is 0 Å². The summed E-state index contributed by atoms with van der Waals surface area (Å²) in [5.41, 5.74) is 0.726. The van der Waals surface area contributed by atoms with Crippen LogP contribution < -0.4 is 10.6 Å². The summed E-state index contributed by atoms with van der Waals surface area (Å²) in [4.78, 5) is 14.8. The number of aliphatic hydroxyl groups excluding tert-OH is 1. The van der Waals surface area contributed by atoms with E-state index in [1.54, 1.807) is 12.1 Å². The van der Waals surface area contributed by atoms with Crippen LogP contribution >= 0.6 is 31.9 Å². The molecule has 0 aliphatic carbocycles. The van der Waals surface area contributed by atoms with E-state index in [1.807, 2.05) is 0 Å². The molecule has 0 saturated carbocycles. The Hall–Kier alpha value is -1.58. The van der Waals surface area contributed by atoms with Crippen LogP contribution in [0.4, 0.5) is 25.0 Å². The average Bonchev–Trinajstić information content (AvgIpc) is 2.36. The molecule has 1 heterocycles. The van der Waals surface area contributed by atoms with Crippen LogP contribution in [-0.4, -0.2) is 16.1 Å². The van der Waals surface area contributed by atoms with Crippen molar-refractivity contribution in [3.05, 3.63) is 50.7 Å². The van der Waals surface area contributed by atoms with Crippen molar-refractivity contribution >= 4 is 49.3 Å². The summed E-state index contributed by atoms with van der Waals surface area (Å²) in [5.74, 6) is -2.09. The van der Waals surface area contributed by atoms with E-state index in [9.17, 15) is 18.7 Å². The second kappa shape index (κ2) is 7.12. The molecule has 0 fully saturated rings. The van der Waals surface area contributed by atoms with E-state index in [0.29, 0.717) is 20.2 Å². The number of rotatable bonds is 3. The van der Waals surface area contributed by atoms with E-state index in [1.165, 1.54) is 0 Å². The SMILES string of the molecule is O=C(Nc1cc(F)nc(F)c1)Nc1cc(Br)cc(Br)c1CO. The first-order chi connectivity index (χ1) is 10.4. The van der Waals surface area contributed by atoms with E-state index in [-0.39, 0.29) is 12.3 Å². The van der Waals surface area contributed by atoms with Crippen LogP contribution in [0.1, 0.15) is 5.56 Å². The number of halogens is 4. The minimum Gasteiger partial charge on any atom is -0.392 e. The van der Waals surface area contributed by atoms with Crippen molar-refractivity contribution in [3.8, 4) is 0 Å². The molecule has 0 saturated heterocycles. The molecule has 116 valence electrons. The van der Waals surface area contributed by atoms with Gasteiger partial charge < -0.3 is 15.7 Å². The van der Waals surface area contributed by atoms with Gasteiger partial charge in [0.2, 0.25) is 11.9 Å². The molecule has 1 aromatic heterocycles. The molecule has 5 nitrogen and oxygen atoms in total. The summed E-state index contributed by atoms with van der Waals surface area (Å²) >= 11 is 6.53. The van der Waals surface area contributed by atoms with E-state index in [2.05, 4.69) is 47.5 Å². The Bertz CT molecular complexity index is 708. The van der Waals surface area contributed by atoms with Gasteiger partial charge in [0.05, 0.1) is 18.0 Å². The predicted octanol–water partition coefficient (Wildman–Crippen LogP) is 4.02. The lowest BCUT2D eigenvalue weighted by Crippen LogP contribution is -2.20. The van der Waals surface area contributed by atoms with Crippen LogP contribution in [0, 0.1) is 11.9 Å². The molecule has 0 aliphatic heterocycles. The van der Waals surface area contributed by atoms with E-state index in [0.717, 1.165) is 12.1 Å². The van der Waals surface area contributed by atoms with Gasteiger partial charge in [-0.25, -0.2) is 4.79 Å². The normalized spacial score (nSPS) is 10.4. The van der Waals surface area contributed by atoms with Crippen LogP contribution in [-0.2, 0) is 6.61 Å². The number of nitrogens with one attached hydrogen (secondary N) is 2. The summed E-state index contributed by atoms with van der Waals surface area (Å²) in [6, 6.07) is 4.34. The Labute approximate surface area is 141 Å². The van der Waals surface area contributed by atoms with Crippen molar-refractivity contribution < 1.29 is 18.7 Å². The lowest BCUT2D eigenvalue weighted by atomic mass is 10.2. The number of carbonyl (C=O) groups is 1. The summed E-state index contributed by atoms with van der Waals surface area (Å²) in [7, 11) is 0. The number of aliphatic hydroxyl groups is 1. The molecule has 0 spiro atoms. The Balaban J connectivity index is 2.19. The van der Waals surface area contributed by atoms with Crippen molar-refractivity contribution in [2.24, 2.45) is 0 Å². The minimum atomic E-state index is -1.04. The molecule has 22 heavy (non-hydrogen) atoms. The maximum Gasteiger partial charge on any atom is 0.323 e. The van der Waals surface area contributed by atoms with Crippen LogP contribution in [0.3, 0.4) is 0 Å². The number of urea groups is 1. The van der Waals surface area contributed by atoms with Gasteiger partial charge in [-0.3, -0.25) is 0 Å². The zero-order valence-corrected chi connectivity index (χ0v) is 14.0. The van der Waals surface area contributed by atoms with Crippen molar-refractivity contribution in [2.45, 2.75) is 6.61 Å². The summed E-state index contributed by atoms with van der Waals surface area (Å²) in [5, 5.41) is 14.1. The number of amides is 2. The lowest BCUT2D eigenvalue weighted by Gasteiger charge is -2.13. The largest absolute Gasteiger partial charge is 0.392 e. The molecule has 2 aromatic rings. The fraction of sp³-hybridized carbons (Fsp3) is 0.0769. The third-order valence-electron chi connectivity index (χ3n) is 2.59. The van der Waals surface area contributed by atoms with Crippen LogP contribution in [0.5, 0.6) is 0 Å². The van der Waals surface area contributed by atoms with Gasteiger partial charge in [-0.2, -0.15) is 13.8 Å². The van der Waals surface area contributed by atoms with Crippen LogP contribution in [0.15, 0.2) is 33.2 Å². The number of aromatic nitrogens is 1. The molecule has 0 radical (unpaired) electrons. The molecule has 0 aliphatic rings. The van der Waals surface area contributed by atoms with Gasteiger partial charge in [-0.05, 0) is 12.1 Å². The molecule has 3 N–H and O–H groups in total. The average molecular weight is 437 g/mol. The van der Waals surface area contributed by atoms with Crippen molar-refractivity contribution in [1.82, 2.24) is 4.98 Å². The molecular weight excluding hydrogens is 428 g/mol. The van der Waals surface area contributed by atoms with Gasteiger partial charge in [0.15, 0.2) is 0 Å². The first kappa shape index (κ1) is 16.8. The molecular formula is C13H9Br2F2N3O2. The number of hydrogen-bond donors (Lipinski definition) is 3. The Morgan fingerprint density at radius 2 is 1.77 bits per heavy atom. The maximum absolute atomic E-state index is 13.0. The number of nitrogens with zero attached hydrogens (tertiary/aromatic N) is 1. The third kappa shape index (κ3) is 4.21. The van der Waals surface area contributed by atoms with E-state index >= 15 is 0 Å². The summed E-state index contributed by atoms with van der Waals surface area (Å²) in [6.45, 7) is -0.304. The van der Waals surface area contributed by atoms with Gasteiger partial charge in [-0.1, -0.05) is 31.9 Å². The lowest BCUT2D eigenvalue weighted by molar-refractivity contribution is 0.262. The van der Waals surface area contributed by atoms with Gasteiger partial charge in [-0.15, -0.1) is 0 Å². The third-order valence-corrected chi connectivity index (χ3v) is 3.75. The fourth-order valence-electron chi connectivity index (χ4n) is 1.70. The topological polar surface area (TPSA) is 74.2 Å². The Morgan fingerprint density at radius 1 is 1.14 bits per heavy atom. The zero-order chi connectivity index (χ0) is 16.3. The smallest absolute Gasteiger partial charge is 0.323 e. The molecule has 9 heteroatoms. The number of carbonyl (C=O) groups excluding carboxylic acids is 1. The summed E-state index contributed by atoms with van der Waals surface area (Å²) < 4.78 is 27.2. The highest BCUT2D eigenvalue weighted by atomic mass is 79.9. The summed E-state index contributed by atoms with van der Waals surface area (Å²) in [6.07, 6.45) is 0. The second-order valence-corrected chi connectivity index (χ2v) is 5.92. The van der Waals surface area contributed by atoms with E-state index in [4.69, 9.17) is 0 Å². The highest BCUT2D eigenvalue weighted by molar-refractivity contribution is 9.11. The molecule has 1 aromatic carbocycles. The number of pyridine rings is 1. The number of benzene rings is 1. The Kier molecular flexibility index (Phi) is 5.43. The molecule has 0 atom stereocenters. The number of hydrogen-bond acceptors (Lipinski definition) is 3. The fourth-order valence-corrected chi connectivity index (χ4v) is 3.05. The van der Waals surface area contributed by atoms with Gasteiger partial charge >= 0.3 is 6.03 Å². The Morgan fingerprint density at radius 3 is 2.36 bits per heavy atom. The van der Waals surface area contributed by atoms with Crippen molar-refractivity contribution in [2.75, 3.05) is 10.6 Å². The zero-order valence-electron chi connectivity index (χ0n) is 10.8. The molecule has 0 unspecified atom stereocenters. The van der Waals surface area contributed by atoms with Crippen LogP contribution in [0.25, 0.3) is 0 Å². The number of anilines is 2. The molecule has 2 amide bonds. The maximum atomic E-state index is 13.0. The van der Waals surface area contributed by atoms with Gasteiger partial charge in [0.1, 0.15) is 0 Å². The van der Waals surface area contributed by atoms with E-state index < -0.39 is 17.9 Å². The first-order valence-electron chi connectivity index (χ1n) is 5.89. The highest BCUT2D eigenvalue weighted by Gasteiger charge is 2.12. The standard InChI is InChI=1S/C13H9Br2F2N3O2/c14-6-1-9(15)8(5-21)10(2-6)19-13(22)18-7-3-11(16)20-12(17)4-7/h1-4,21H,5H2,(H2,18,19,20,22). The monoisotopic (exact) mass is 435 g/mol. The van der Waals surface area contributed by atoms with Crippen molar-refractivity contribution in [1.29, 1.82) is 0 Å². The molecule has 2 rings (SSSR count). The van der Waals surface area contributed by atoms with Gasteiger partial charge in [0.25, 0.3) is 0 Å². The quantitative estimate of drug-likeness (QED) is 0.636. The van der Waals surface area contributed by atoms with Crippen molar-refractivity contribution in [3.63, 3.8) is 0 Å². The predicted molar refractivity (Wildman–Crippen MR) is 84.6 cm³/mol. The molecule has 0 bridgehead atoms. The minimum absolute atomic E-state index is 0.0814. The second-order valence-electron chi connectivity index (χ2n) is 4.15. The highest BCUT2D eigenvalue weighted by Crippen LogP contribution is 2.30. The first-order valence-corrected chi connectivity index (χ1v) is 7.47.